The van der Waals surface area contributed by atoms with Gasteiger partial charge >= 0.3 is 0 Å². The molecule has 0 N–H and O–H groups in total. The van der Waals surface area contributed by atoms with Crippen molar-refractivity contribution in [1.29, 1.82) is 0 Å². The fourth-order valence-electron chi connectivity index (χ4n) is 1.22. The van der Waals surface area contributed by atoms with Crippen LogP contribution in [0.5, 0.6) is 0 Å². The van der Waals surface area contributed by atoms with E-state index in [1.807, 2.05) is 0 Å². The number of nitrogens with zero attached hydrogens (tertiary/aromatic N) is 3. The van der Waals surface area contributed by atoms with E-state index in [1.54, 1.807) is 12.2 Å². The van der Waals surface area contributed by atoms with Gasteiger partial charge in [-0.2, -0.15) is 5.11 Å². The second-order valence-corrected chi connectivity index (χ2v) is 3.32. The molecule has 2 rings (SSSR count). The van der Waals surface area contributed by atoms with E-state index in [1.165, 1.54) is 6.08 Å². The molecule has 0 saturated carbocycles. The summed E-state index contributed by atoms with van der Waals surface area (Å²) in [5.74, 6) is 0. The molecule has 66 valence electrons. The minimum Gasteiger partial charge on any atom is -0.259 e. The summed E-state index contributed by atoms with van der Waals surface area (Å²) in [7, 11) is 0. The van der Waals surface area contributed by atoms with Gasteiger partial charge in [-0.1, -0.05) is 12.2 Å². The van der Waals surface area contributed by atoms with E-state index in [4.69, 9.17) is 0 Å². The SMILES string of the molecule is O=[N+]([O-])C1=CC=CC2=C(Br)N=NC12. The molecular weight excluding hydrogens is 238 g/mol. The van der Waals surface area contributed by atoms with Gasteiger partial charge in [0.2, 0.25) is 0 Å². The van der Waals surface area contributed by atoms with Crippen molar-refractivity contribution in [3.63, 3.8) is 0 Å². The molecule has 5 nitrogen and oxygen atoms in total. The first-order valence-electron chi connectivity index (χ1n) is 3.53. The highest BCUT2D eigenvalue weighted by Gasteiger charge is 2.33. The lowest BCUT2D eigenvalue weighted by atomic mass is 10.0. The fraction of sp³-hybridized carbons (Fsp3) is 0.143. The molecule has 1 aliphatic heterocycles. The van der Waals surface area contributed by atoms with E-state index in [0.717, 1.165) is 5.57 Å². The average Bonchev–Trinajstić information content (AvgIpc) is 2.48. The Bertz CT molecular complexity index is 395. The first kappa shape index (κ1) is 8.31. The molecule has 0 spiro atoms. The molecule has 0 aromatic heterocycles. The van der Waals surface area contributed by atoms with Gasteiger partial charge in [0.1, 0.15) is 4.61 Å². The zero-order valence-corrected chi connectivity index (χ0v) is 7.93. The van der Waals surface area contributed by atoms with Gasteiger partial charge in [0.15, 0.2) is 6.04 Å². The Morgan fingerprint density at radius 3 is 3.08 bits per heavy atom. The number of hydrogen-bond acceptors (Lipinski definition) is 4. The highest BCUT2D eigenvalue weighted by atomic mass is 79.9. The Morgan fingerprint density at radius 1 is 1.62 bits per heavy atom. The van der Waals surface area contributed by atoms with Gasteiger partial charge in [-0.25, -0.2) is 0 Å². The maximum atomic E-state index is 10.6. The van der Waals surface area contributed by atoms with Gasteiger partial charge in [-0.05, 0) is 15.9 Å². The van der Waals surface area contributed by atoms with E-state index in [9.17, 15) is 10.1 Å². The predicted octanol–water partition coefficient (Wildman–Crippen LogP) is 2.16. The third kappa shape index (κ3) is 1.23. The highest BCUT2D eigenvalue weighted by molar-refractivity contribution is 9.11. The van der Waals surface area contributed by atoms with E-state index in [2.05, 4.69) is 26.2 Å². The van der Waals surface area contributed by atoms with Crippen LogP contribution in [0.2, 0.25) is 0 Å². The van der Waals surface area contributed by atoms with Crippen LogP contribution in [-0.2, 0) is 0 Å². The third-order valence-electron chi connectivity index (χ3n) is 1.83. The van der Waals surface area contributed by atoms with Gasteiger partial charge in [0.05, 0.1) is 4.92 Å². The minimum absolute atomic E-state index is 0.0655. The molecule has 0 bridgehead atoms. The van der Waals surface area contributed by atoms with E-state index < -0.39 is 11.0 Å². The molecule has 1 heterocycles. The third-order valence-corrected chi connectivity index (χ3v) is 2.44. The zero-order valence-electron chi connectivity index (χ0n) is 6.35. The normalized spacial score (nSPS) is 24.7. The number of rotatable bonds is 1. The van der Waals surface area contributed by atoms with Crippen LogP contribution in [0.4, 0.5) is 0 Å². The molecule has 1 aliphatic carbocycles. The van der Waals surface area contributed by atoms with E-state index in [-0.39, 0.29) is 5.70 Å². The summed E-state index contributed by atoms with van der Waals surface area (Å²) < 4.78 is 0.571. The summed E-state index contributed by atoms with van der Waals surface area (Å²) in [5.41, 5.74) is 0.810. The lowest BCUT2D eigenvalue weighted by Gasteiger charge is -2.07. The quantitative estimate of drug-likeness (QED) is 0.401. The molecule has 2 aliphatic rings. The van der Waals surface area contributed by atoms with Gasteiger partial charge in [0.25, 0.3) is 5.70 Å². The van der Waals surface area contributed by atoms with Gasteiger partial charge in [-0.15, -0.1) is 5.11 Å². The molecular formula is C7H4BrN3O2. The first-order chi connectivity index (χ1) is 6.20. The maximum absolute atomic E-state index is 10.6. The predicted molar refractivity (Wildman–Crippen MR) is 48.8 cm³/mol. The van der Waals surface area contributed by atoms with Crippen LogP contribution in [0.25, 0.3) is 0 Å². The molecule has 0 aromatic rings. The summed E-state index contributed by atoms with van der Waals surface area (Å²) in [6, 6.07) is -0.533. The molecule has 0 radical (unpaired) electrons. The highest BCUT2D eigenvalue weighted by Crippen LogP contribution is 2.33. The van der Waals surface area contributed by atoms with Crippen molar-refractivity contribution in [1.82, 2.24) is 0 Å². The van der Waals surface area contributed by atoms with Crippen molar-refractivity contribution in [3.05, 3.63) is 44.2 Å². The van der Waals surface area contributed by atoms with Gasteiger partial charge in [-0.3, -0.25) is 10.1 Å². The van der Waals surface area contributed by atoms with Crippen LogP contribution in [0, 0.1) is 10.1 Å². The van der Waals surface area contributed by atoms with Crippen molar-refractivity contribution >= 4 is 15.9 Å². The van der Waals surface area contributed by atoms with Crippen molar-refractivity contribution in [2.45, 2.75) is 6.04 Å². The second kappa shape index (κ2) is 2.88. The zero-order chi connectivity index (χ0) is 9.42. The van der Waals surface area contributed by atoms with Crippen LogP contribution < -0.4 is 0 Å². The van der Waals surface area contributed by atoms with Crippen LogP contribution in [-0.4, -0.2) is 11.0 Å². The minimum atomic E-state index is -0.533. The molecule has 13 heavy (non-hydrogen) atoms. The Kier molecular flexibility index (Phi) is 1.84. The fourth-order valence-corrected chi connectivity index (χ4v) is 1.66. The summed E-state index contributed by atoms with van der Waals surface area (Å²) in [6.45, 7) is 0. The maximum Gasteiger partial charge on any atom is 0.277 e. The monoisotopic (exact) mass is 241 g/mol. The Hall–Kier alpha value is -1.30. The Labute approximate surface area is 81.8 Å². The number of hydrogen-bond donors (Lipinski definition) is 0. The van der Waals surface area contributed by atoms with E-state index in [0.29, 0.717) is 4.61 Å². The van der Waals surface area contributed by atoms with Crippen LogP contribution >= 0.6 is 15.9 Å². The Balaban J connectivity index is 2.46. The largest absolute Gasteiger partial charge is 0.277 e. The molecule has 1 unspecified atom stereocenters. The molecule has 0 fully saturated rings. The molecule has 0 amide bonds. The molecule has 6 heteroatoms. The summed E-state index contributed by atoms with van der Waals surface area (Å²) in [6.07, 6.45) is 4.84. The van der Waals surface area contributed by atoms with Crippen LogP contribution in [0.15, 0.2) is 44.3 Å². The van der Waals surface area contributed by atoms with Crippen molar-refractivity contribution in [3.8, 4) is 0 Å². The number of fused-ring (bicyclic) bond motifs is 1. The summed E-state index contributed by atoms with van der Waals surface area (Å²) >= 11 is 3.17. The lowest BCUT2D eigenvalue weighted by Crippen LogP contribution is -2.17. The number of halogens is 1. The van der Waals surface area contributed by atoms with Crippen LogP contribution in [0.3, 0.4) is 0 Å². The van der Waals surface area contributed by atoms with Crippen molar-refractivity contribution in [2.24, 2.45) is 10.2 Å². The smallest absolute Gasteiger partial charge is 0.259 e. The molecule has 0 saturated heterocycles. The summed E-state index contributed by atoms with van der Waals surface area (Å²) in [4.78, 5) is 10.1. The number of azo groups is 1. The molecule has 0 aromatic carbocycles. The van der Waals surface area contributed by atoms with Gasteiger partial charge in [0, 0.05) is 11.6 Å². The van der Waals surface area contributed by atoms with E-state index >= 15 is 0 Å². The Morgan fingerprint density at radius 2 is 2.38 bits per heavy atom. The topological polar surface area (TPSA) is 67.9 Å². The standard InChI is InChI=1S/C7H4BrN3O2/c8-7-4-2-1-3-5(11(12)13)6(4)9-10-7/h1-3,6H. The van der Waals surface area contributed by atoms with Gasteiger partial charge < -0.3 is 0 Å². The van der Waals surface area contributed by atoms with Crippen molar-refractivity contribution < 1.29 is 4.92 Å². The lowest BCUT2D eigenvalue weighted by molar-refractivity contribution is -0.428. The molecule has 1 atom stereocenters. The average molecular weight is 242 g/mol. The van der Waals surface area contributed by atoms with Crippen LogP contribution in [0.1, 0.15) is 0 Å². The van der Waals surface area contributed by atoms with Crippen molar-refractivity contribution in [2.75, 3.05) is 0 Å². The number of allylic oxidation sites excluding steroid dienone is 2. The summed E-state index contributed by atoms with van der Waals surface area (Å²) in [5, 5.41) is 18.1. The second-order valence-electron chi connectivity index (χ2n) is 2.57. The first-order valence-corrected chi connectivity index (χ1v) is 4.32. The number of nitro groups is 1.